The zero-order chi connectivity index (χ0) is 10.1. The van der Waals surface area contributed by atoms with E-state index < -0.39 is 0 Å². The minimum atomic E-state index is 0.369. The molecule has 1 heterocycles. The maximum atomic E-state index is 5.62. The lowest BCUT2D eigenvalue weighted by atomic mass is 10.2. The Balaban J connectivity index is 2.34. The van der Waals surface area contributed by atoms with Crippen LogP contribution in [0.15, 0.2) is 18.3 Å². The van der Waals surface area contributed by atoms with Gasteiger partial charge in [-0.15, -0.1) is 0 Å². The van der Waals surface area contributed by atoms with Gasteiger partial charge in [0.25, 0.3) is 0 Å². The van der Waals surface area contributed by atoms with Gasteiger partial charge in [0.05, 0.1) is 5.69 Å². The lowest BCUT2D eigenvalue weighted by Crippen LogP contribution is -2.24. The van der Waals surface area contributed by atoms with Gasteiger partial charge in [-0.25, -0.2) is 0 Å². The van der Waals surface area contributed by atoms with Gasteiger partial charge in [-0.3, -0.25) is 4.98 Å². The van der Waals surface area contributed by atoms with Crippen LogP contribution in [0.25, 0.3) is 0 Å². The van der Waals surface area contributed by atoms with E-state index in [1.54, 1.807) is 6.20 Å². The van der Waals surface area contributed by atoms with Crippen molar-refractivity contribution in [1.29, 1.82) is 0 Å². The number of thiocarbonyl (C=S) groups is 1. The average Bonchev–Trinajstić information content (AvgIpc) is 3.00. The quantitative estimate of drug-likeness (QED) is 0.759. The Morgan fingerprint density at radius 3 is 2.93 bits per heavy atom. The summed E-state index contributed by atoms with van der Waals surface area (Å²) in [6.45, 7) is 0. The first-order chi connectivity index (χ1) is 6.70. The molecule has 1 fully saturated rings. The van der Waals surface area contributed by atoms with Crippen molar-refractivity contribution in [3.63, 3.8) is 0 Å². The highest BCUT2D eigenvalue weighted by atomic mass is 32.1. The van der Waals surface area contributed by atoms with Crippen molar-refractivity contribution >= 4 is 22.9 Å². The highest BCUT2D eigenvalue weighted by Gasteiger charge is 2.28. The maximum Gasteiger partial charge on any atom is 0.124 e. The lowest BCUT2D eigenvalue weighted by Gasteiger charge is -2.20. The minimum Gasteiger partial charge on any atom is -0.388 e. The summed E-state index contributed by atoms with van der Waals surface area (Å²) < 4.78 is 0. The first-order valence-electron chi connectivity index (χ1n) is 4.68. The van der Waals surface area contributed by atoms with Gasteiger partial charge in [-0.05, 0) is 25.0 Å². The summed E-state index contributed by atoms with van der Waals surface area (Å²) in [7, 11) is 2.07. The van der Waals surface area contributed by atoms with Gasteiger partial charge in [-0.1, -0.05) is 12.2 Å². The van der Waals surface area contributed by atoms with Gasteiger partial charge in [-0.2, -0.15) is 0 Å². The van der Waals surface area contributed by atoms with E-state index in [-0.39, 0.29) is 0 Å². The predicted molar refractivity (Wildman–Crippen MR) is 61.5 cm³/mol. The molecule has 2 N–H and O–H groups in total. The zero-order valence-corrected chi connectivity index (χ0v) is 8.92. The summed E-state index contributed by atoms with van der Waals surface area (Å²) in [6.07, 6.45) is 4.23. The summed E-state index contributed by atoms with van der Waals surface area (Å²) in [5.74, 6) is 0. The van der Waals surface area contributed by atoms with E-state index in [0.29, 0.717) is 11.0 Å². The van der Waals surface area contributed by atoms with Crippen molar-refractivity contribution < 1.29 is 0 Å². The number of nitrogens with two attached hydrogens (primary N) is 1. The summed E-state index contributed by atoms with van der Waals surface area (Å²) in [4.78, 5) is 6.78. The highest BCUT2D eigenvalue weighted by molar-refractivity contribution is 7.80. The third-order valence-corrected chi connectivity index (χ3v) is 2.69. The Bertz CT molecular complexity index is 360. The van der Waals surface area contributed by atoms with Crippen LogP contribution in [0.3, 0.4) is 0 Å². The van der Waals surface area contributed by atoms with Crippen LogP contribution in [0.2, 0.25) is 0 Å². The summed E-state index contributed by atoms with van der Waals surface area (Å²) in [5, 5.41) is 0. The number of pyridine rings is 1. The topological polar surface area (TPSA) is 42.2 Å². The third-order valence-electron chi connectivity index (χ3n) is 2.49. The summed E-state index contributed by atoms with van der Waals surface area (Å²) in [5.41, 5.74) is 7.39. The van der Waals surface area contributed by atoms with Crippen molar-refractivity contribution in [2.75, 3.05) is 11.9 Å². The minimum absolute atomic E-state index is 0.369. The highest BCUT2D eigenvalue weighted by Crippen LogP contribution is 2.31. The van der Waals surface area contributed by atoms with Crippen LogP contribution >= 0.6 is 12.2 Å². The Labute approximate surface area is 88.9 Å². The zero-order valence-electron chi connectivity index (χ0n) is 8.10. The predicted octanol–water partition coefficient (Wildman–Crippen LogP) is 1.31. The van der Waals surface area contributed by atoms with E-state index in [0.717, 1.165) is 11.4 Å². The van der Waals surface area contributed by atoms with Crippen LogP contribution in [0, 0.1) is 0 Å². The smallest absolute Gasteiger partial charge is 0.124 e. The molecule has 0 radical (unpaired) electrons. The van der Waals surface area contributed by atoms with Crippen LogP contribution in [-0.4, -0.2) is 23.1 Å². The Morgan fingerprint density at radius 1 is 1.64 bits per heavy atom. The van der Waals surface area contributed by atoms with Crippen LogP contribution < -0.4 is 10.6 Å². The van der Waals surface area contributed by atoms with Crippen LogP contribution in [-0.2, 0) is 0 Å². The number of hydrogen-bond acceptors (Lipinski definition) is 3. The van der Waals surface area contributed by atoms with Gasteiger partial charge >= 0.3 is 0 Å². The molecule has 1 aromatic rings. The molecular weight excluding hydrogens is 194 g/mol. The third kappa shape index (κ3) is 1.70. The molecular formula is C10H13N3S. The molecule has 0 spiro atoms. The Hall–Kier alpha value is -1.16. The van der Waals surface area contributed by atoms with E-state index in [1.807, 2.05) is 12.1 Å². The Morgan fingerprint density at radius 2 is 2.36 bits per heavy atom. The molecule has 0 bridgehead atoms. The molecule has 0 amide bonds. The monoisotopic (exact) mass is 207 g/mol. The SMILES string of the molecule is CN(c1cccnc1C(N)=S)C1CC1. The van der Waals surface area contributed by atoms with Gasteiger partial charge in [0.15, 0.2) is 0 Å². The molecule has 0 aromatic carbocycles. The molecule has 1 aliphatic carbocycles. The standard InChI is InChI=1S/C10H13N3S/c1-13(7-4-5-7)8-3-2-6-12-9(8)10(11)14/h2-3,6-7H,4-5H2,1H3,(H2,11,14). The van der Waals surface area contributed by atoms with E-state index in [1.165, 1.54) is 12.8 Å². The molecule has 1 aliphatic rings. The van der Waals surface area contributed by atoms with Crippen LogP contribution in [0.1, 0.15) is 18.5 Å². The molecule has 0 aliphatic heterocycles. The number of aromatic nitrogens is 1. The van der Waals surface area contributed by atoms with E-state index >= 15 is 0 Å². The number of anilines is 1. The van der Waals surface area contributed by atoms with Gasteiger partial charge < -0.3 is 10.6 Å². The lowest BCUT2D eigenvalue weighted by molar-refractivity contribution is 0.910. The van der Waals surface area contributed by atoms with Crippen LogP contribution in [0.5, 0.6) is 0 Å². The first kappa shape index (κ1) is 9.40. The summed E-state index contributed by atoms with van der Waals surface area (Å²) >= 11 is 4.96. The van der Waals surface area contributed by atoms with Gasteiger partial charge in [0.2, 0.25) is 0 Å². The molecule has 3 nitrogen and oxygen atoms in total. The molecule has 14 heavy (non-hydrogen) atoms. The summed E-state index contributed by atoms with van der Waals surface area (Å²) in [6, 6.07) is 4.57. The second kappa shape index (κ2) is 3.53. The fraction of sp³-hybridized carbons (Fsp3) is 0.400. The first-order valence-corrected chi connectivity index (χ1v) is 5.08. The number of hydrogen-bond donors (Lipinski definition) is 1. The Kier molecular flexibility index (Phi) is 2.37. The van der Waals surface area contributed by atoms with Gasteiger partial charge in [0, 0.05) is 19.3 Å². The normalized spacial score (nSPS) is 15.2. The fourth-order valence-electron chi connectivity index (χ4n) is 1.53. The molecule has 1 saturated carbocycles. The van der Waals surface area contributed by atoms with E-state index in [2.05, 4.69) is 16.9 Å². The van der Waals surface area contributed by atoms with Crippen LogP contribution in [0.4, 0.5) is 5.69 Å². The van der Waals surface area contributed by atoms with Gasteiger partial charge in [0.1, 0.15) is 10.7 Å². The molecule has 0 saturated heterocycles. The van der Waals surface area contributed by atoms with E-state index in [4.69, 9.17) is 18.0 Å². The second-order valence-electron chi connectivity index (χ2n) is 3.58. The van der Waals surface area contributed by atoms with Crippen molar-refractivity contribution in [2.45, 2.75) is 18.9 Å². The molecule has 2 rings (SSSR count). The fourth-order valence-corrected chi connectivity index (χ4v) is 1.69. The molecule has 4 heteroatoms. The molecule has 1 aromatic heterocycles. The van der Waals surface area contributed by atoms with E-state index in [9.17, 15) is 0 Å². The maximum absolute atomic E-state index is 5.62. The molecule has 0 atom stereocenters. The van der Waals surface area contributed by atoms with Crippen molar-refractivity contribution in [3.05, 3.63) is 24.0 Å². The number of nitrogens with zero attached hydrogens (tertiary/aromatic N) is 2. The van der Waals surface area contributed by atoms with Crippen molar-refractivity contribution in [2.24, 2.45) is 5.73 Å². The van der Waals surface area contributed by atoms with Crippen molar-refractivity contribution in [1.82, 2.24) is 4.98 Å². The second-order valence-corrected chi connectivity index (χ2v) is 4.02. The van der Waals surface area contributed by atoms with Crippen molar-refractivity contribution in [3.8, 4) is 0 Å². The largest absolute Gasteiger partial charge is 0.388 e. The number of rotatable bonds is 3. The molecule has 0 unspecified atom stereocenters. The average molecular weight is 207 g/mol. The molecule has 74 valence electrons.